The summed E-state index contributed by atoms with van der Waals surface area (Å²) in [5.74, 6) is -2.55. The predicted molar refractivity (Wildman–Crippen MR) is 129 cm³/mol. The van der Waals surface area contributed by atoms with Crippen molar-refractivity contribution in [3.63, 3.8) is 0 Å². The minimum atomic E-state index is -1.32. The van der Waals surface area contributed by atoms with Gasteiger partial charge in [0.15, 0.2) is 6.04 Å². The number of aliphatic hydroxyl groups excluding tert-OH is 2. The van der Waals surface area contributed by atoms with Crippen LogP contribution in [0.1, 0.15) is 47.1 Å². The van der Waals surface area contributed by atoms with Crippen LogP contribution >= 0.6 is 0 Å². The standard InChI is InChI=1S/C26H30N2O8/c1-26(2,3)36-24(33)16-10-8-15(9-11-16)17-6-5-7-18-19(17)12-28(23(18)32)21(14-30)22(31)27-20(13-29)25(34)35-4/h5-11,20-21,29-30H,12-14H2,1-4H3,(H,27,31)/t20-,21-/m0/s1. The second kappa shape index (κ2) is 10.9. The molecule has 1 heterocycles. The van der Waals surface area contributed by atoms with Crippen LogP contribution in [0.2, 0.25) is 0 Å². The highest BCUT2D eigenvalue weighted by atomic mass is 16.6. The number of methoxy groups -OCH3 is 1. The molecule has 0 aromatic heterocycles. The van der Waals surface area contributed by atoms with Crippen LogP contribution in [0.5, 0.6) is 0 Å². The molecule has 0 saturated carbocycles. The normalized spacial score (nSPS) is 14.6. The number of nitrogens with zero attached hydrogens (tertiary/aromatic N) is 1. The molecule has 0 aliphatic carbocycles. The number of benzene rings is 2. The Morgan fingerprint density at radius 3 is 2.22 bits per heavy atom. The first-order chi connectivity index (χ1) is 17.0. The maximum atomic E-state index is 13.1. The summed E-state index contributed by atoms with van der Waals surface area (Å²) in [4.78, 5) is 51.2. The van der Waals surface area contributed by atoms with Crippen molar-refractivity contribution in [1.29, 1.82) is 0 Å². The van der Waals surface area contributed by atoms with E-state index in [0.717, 1.165) is 18.2 Å². The highest BCUT2D eigenvalue weighted by Gasteiger charge is 2.38. The molecular formula is C26H30N2O8. The van der Waals surface area contributed by atoms with Gasteiger partial charge >= 0.3 is 11.9 Å². The Morgan fingerprint density at radius 2 is 1.67 bits per heavy atom. The van der Waals surface area contributed by atoms with Gasteiger partial charge in [0.1, 0.15) is 11.6 Å². The Balaban J connectivity index is 1.84. The van der Waals surface area contributed by atoms with E-state index in [1.54, 1.807) is 57.2 Å². The van der Waals surface area contributed by atoms with Gasteiger partial charge in [0.25, 0.3) is 5.91 Å². The fourth-order valence-electron chi connectivity index (χ4n) is 3.91. The summed E-state index contributed by atoms with van der Waals surface area (Å²) in [7, 11) is 1.11. The van der Waals surface area contributed by atoms with Crippen LogP contribution in [-0.4, -0.2) is 76.9 Å². The lowest BCUT2D eigenvalue weighted by Gasteiger charge is -2.26. The molecule has 0 radical (unpaired) electrons. The molecule has 10 heteroatoms. The van der Waals surface area contributed by atoms with Gasteiger partial charge in [-0.25, -0.2) is 9.59 Å². The zero-order chi connectivity index (χ0) is 26.6. The van der Waals surface area contributed by atoms with E-state index in [1.807, 2.05) is 6.07 Å². The lowest BCUT2D eigenvalue weighted by molar-refractivity contribution is -0.147. The summed E-state index contributed by atoms with van der Waals surface area (Å²) in [6.45, 7) is 4.01. The molecule has 3 rings (SSSR count). The summed E-state index contributed by atoms with van der Waals surface area (Å²) >= 11 is 0. The Kier molecular flexibility index (Phi) is 8.11. The van der Waals surface area contributed by atoms with Crippen LogP contribution in [0.15, 0.2) is 42.5 Å². The summed E-state index contributed by atoms with van der Waals surface area (Å²) in [6.07, 6.45) is 0. The van der Waals surface area contributed by atoms with E-state index in [1.165, 1.54) is 4.90 Å². The molecule has 0 spiro atoms. The van der Waals surface area contributed by atoms with Gasteiger partial charge in [0.2, 0.25) is 5.91 Å². The number of carbonyl (C=O) groups is 4. The van der Waals surface area contributed by atoms with Crippen molar-refractivity contribution in [2.75, 3.05) is 20.3 Å². The molecule has 2 atom stereocenters. The molecule has 192 valence electrons. The van der Waals surface area contributed by atoms with Gasteiger partial charge in [-0.1, -0.05) is 24.3 Å². The van der Waals surface area contributed by atoms with Crippen molar-refractivity contribution >= 4 is 23.8 Å². The molecule has 0 fully saturated rings. The average molecular weight is 499 g/mol. The first kappa shape index (κ1) is 26.8. The monoisotopic (exact) mass is 498 g/mol. The number of aliphatic hydroxyl groups is 2. The van der Waals surface area contributed by atoms with Crippen molar-refractivity contribution < 1.29 is 38.9 Å². The van der Waals surface area contributed by atoms with Gasteiger partial charge in [-0.3, -0.25) is 9.59 Å². The molecule has 10 nitrogen and oxygen atoms in total. The van der Waals surface area contributed by atoms with Gasteiger partial charge in [-0.15, -0.1) is 0 Å². The molecule has 0 bridgehead atoms. The predicted octanol–water partition coefficient (Wildman–Crippen LogP) is 1.28. The number of hydrogen-bond acceptors (Lipinski definition) is 8. The highest BCUT2D eigenvalue weighted by Crippen LogP contribution is 2.34. The van der Waals surface area contributed by atoms with E-state index in [-0.39, 0.29) is 6.54 Å². The van der Waals surface area contributed by atoms with Crippen LogP contribution in [0.25, 0.3) is 11.1 Å². The highest BCUT2D eigenvalue weighted by molar-refractivity contribution is 6.03. The molecule has 0 unspecified atom stereocenters. The number of ether oxygens (including phenoxy) is 2. The minimum absolute atomic E-state index is 0.0405. The molecule has 2 aromatic carbocycles. The Labute approximate surface area is 208 Å². The maximum absolute atomic E-state index is 13.1. The molecule has 0 saturated heterocycles. The van der Waals surface area contributed by atoms with Crippen molar-refractivity contribution in [3.05, 3.63) is 59.2 Å². The van der Waals surface area contributed by atoms with Crippen molar-refractivity contribution in [2.24, 2.45) is 0 Å². The Bertz CT molecular complexity index is 1150. The molecule has 3 N–H and O–H groups in total. The fourth-order valence-corrected chi connectivity index (χ4v) is 3.91. The number of rotatable bonds is 8. The van der Waals surface area contributed by atoms with Gasteiger partial charge in [-0.2, -0.15) is 0 Å². The molecule has 2 aromatic rings. The molecule has 36 heavy (non-hydrogen) atoms. The van der Waals surface area contributed by atoms with E-state index in [2.05, 4.69) is 10.1 Å². The largest absolute Gasteiger partial charge is 0.467 e. The number of esters is 2. The Morgan fingerprint density at radius 1 is 1.03 bits per heavy atom. The van der Waals surface area contributed by atoms with Crippen molar-refractivity contribution in [3.8, 4) is 11.1 Å². The molecule has 1 aliphatic rings. The van der Waals surface area contributed by atoms with E-state index in [0.29, 0.717) is 16.7 Å². The average Bonchev–Trinajstić information content (AvgIpc) is 3.17. The topological polar surface area (TPSA) is 142 Å². The van der Waals surface area contributed by atoms with Gasteiger partial charge in [0, 0.05) is 12.1 Å². The summed E-state index contributed by atoms with van der Waals surface area (Å²) in [5, 5.41) is 21.6. The van der Waals surface area contributed by atoms with Crippen LogP contribution in [0.3, 0.4) is 0 Å². The van der Waals surface area contributed by atoms with E-state index in [9.17, 15) is 29.4 Å². The zero-order valence-electron chi connectivity index (χ0n) is 20.6. The van der Waals surface area contributed by atoms with E-state index in [4.69, 9.17) is 4.74 Å². The number of fused-ring (bicyclic) bond motifs is 1. The second-order valence-corrected chi connectivity index (χ2v) is 9.31. The molecular weight excluding hydrogens is 468 g/mol. The number of amides is 2. The van der Waals surface area contributed by atoms with Crippen molar-refractivity contribution in [1.82, 2.24) is 10.2 Å². The SMILES string of the molecule is COC(=O)[C@H](CO)NC(=O)[C@H](CO)N1Cc2c(cccc2-c2ccc(C(=O)OC(C)(C)C)cc2)C1=O. The fraction of sp³-hybridized carbons (Fsp3) is 0.385. The lowest BCUT2D eigenvalue weighted by atomic mass is 9.96. The first-order valence-electron chi connectivity index (χ1n) is 11.4. The molecule has 2 amide bonds. The molecule has 1 aliphatic heterocycles. The van der Waals surface area contributed by atoms with E-state index < -0.39 is 54.7 Å². The van der Waals surface area contributed by atoms with Gasteiger partial charge in [-0.05, 0) is 55.7 Å². The number of hydrogen-bond donors (Lipinski definition) is 3. The quantitative estimate of drug-likeness (QED) is 0.462. The van der Waals surface area contributed by atoms with Crippen LogP contribution in [0, 0.1) is 0 Å². The van der Waals surface area contributed by atoms with Crippen LogP contribution in [0.4, 0.5) is 0 Å². The third-order valence-electron chi connectivity index (χ3n) is 5.66. The van der Waals surface area contributed by atoms with Crippen LogP contribution in [-0.2, 0) is 25.6 Å². The van der Waals surface area contributed by atoms with Gasteiger partial charge < -0.3 is 29.9 Å². The minimum Gasteiger partial charge on any atom is -0.467 e. The van der Waals surface area contributed by atoms with Crippen molar-refractivity contribution in [2.45, 2.75) is 45.0 Å². The number of nitrogens with one attached hydrogen (secondary N) is 1. The van der Waals surface area contributed by atoms with Crippen LogP contribution < -0.4 is 5.32 Å². The lowest BCUT2D eigenvalue weighted by Crippen LogP contribution is -2.54. The third-order valence-corrected chi connectivity index (χ3v) is 5.66. The first-order valence-corrected chi connectivity index (χ1v) is 11.4. The second-order valence-electron chi connectivity index (χ2n) is 9.31. The van der Waals surface area contributed by atoms with Gasteiger partial charge in [0.05, 0.1) is 25.9 Å². The summed E-state index contributed by atoms with van der Waals surface area (Å²) in [6, 6.07) is 9.35. The number of carbonyl (C=O) groups excluding carboxylic acids is 4. The summed E-state index contributed by atoms with van der Waals surface area (Å²) in [5.41, 5.74) is 2.29. The van der Waals surface area contributed by atoms with E-state index >= 15 is 0 Å². The summed E-state index contributed by atoms with van der Waals surface area (Å²) < 4.78 is 9.93. The smallest absolute Gasteiger partial charge is 0.338 e. The zero-order valence-corrected chi connectivity index (χ0v) is 20.6. The third kappa shape index (κ3) is 5.72. The Hall–Kier alpha value is -3.76. The maximum Gasteiger partial charge on any atom is 0.338 e.